The maximum absolute atomic E-state index is 11.4. The number of nitro benzene ring substituents is 1. The molecule has 1 aromatic rings. The summed E-state index contributed by atoms with van der Waals surface area (Å²) in [6.07, 6.45) is 1.62. The fourth-order valence-electron chi connectivity index (χ4n) is 2.34. The number of nitro groups is 1. The lowest BCUT2D eigenvalue weighted by molar-refractivity contribution is -0.384. The Labute approximate surface area is 104 Å². The molecule has 0 bridgehead atoms. The van der Waals surface area contributed by atoms with E-state index < -0.39 is 16.4 Å². The first-order valence-corrected chi connectivity index (χ1v) is 5.75. The molecule has 1 heterocycles. The zero-order valence-corrected chi connectivity index (χ0v) is 9.76. The molecule has 6 heteroatoms. The van der Waals surface area contributed by atoms with E-state index in [0.717, 1.165) is 6.42 Å². The second kappa shape index (κ2) is 4.73. The fourth-order valence-corrected chi connectivity index (χ4v) is 2.34. The molecule has 1 saturated heterocycles. The quantitative estimate of drug-likeness (QED) is 0.621. The number of carbonyl (C=O) groups is 1. The number of rotatable bonds is 4. The number of hydrogen-bond acceptors (Lipinski definition) is 4. The maximum Gasteiger partial charge on any atom is 0.324 e. The molecule has 0 amide bonds. The average Bonchev–Trinajstić information content (AvgIpc) is 2.79. The Morgan fingerprint density at radius 3 is 2.89 bits per heavy atom. The third-order valence-corrected chi connectivity index (χ3v) is 3.28. The van der Waals surface area contributed by atoms with Crippen LogP contribution in [0.4, 0.5) is 5.69 Å². The molecular weight excluding hydrogens is 236 g/mol. The van der Waals surface area contributed by atoms with Gasteiger partial charge >= 0.3 is 5.97 Å². The number of nitrogens with zero attached hydrogens (tertiary/aromatic N) is 1. The largest absolute Gasteiger partial charge is 0.480 e. The van der Waals surface area contributed by atoms with E-state index in [1.807, 2.05) is 0 Å². The summed E-state index contributed by atoms with van der Waals surface area (Å²) in [6, 6.07) is 6.14. The van der Waals surface area contributed by atoms with Crippen molar-refractivity contribution in [2.75, 3.05) is 6.54 Å². The number of benzene rings is 1. The minimum absolute atomic E-state index is 0.00830. The zero-order chi connectivity index (χ0) is 13.2. The van der Waals surface area contributed by atoms with Gasteiger partial charge in [-0.2, -0.15) is 0 Å². The molecule has 0 radical (unpaired) electrons. The van der Waals surface area contributed by atoms with Crippen LogP contribution in [0.25, 0.3) is 0 Å². The van der Waals surface area contributed by atoms with E-state index in [0.29, 0.717) is 18.5 Å². The topological polar surface area (TPSA) is 92.5 Å². The first-order chi connectivity index (χ1) is 8.53. The lowest BCUT2D eigenvalue weighted by Crippen LogP contribution is -2.49. The predicted molar refractivity (Wildman–Crippen MR) is 64.4 cm³/mol. The van der Waals surface area contributed by atoms with E-state index in [1.54, 1.807) is 12.1 Å². The van der Waals surface area contributed by atoms with Crippen molar-refractivity contribution in [1.82, 2.24) is 5.32 Å². The van der Waals surface area contributed by atoms with Crippen molar-refractivity contribution >= 4 is 11.7 Å². The van der Waals surface area contributed by atoms with Gasteiger partial charge in [-0.05, 0) is 24.9 Å². The first kappa shape index (κ1) is 12.5. The van der Waals surface area contributed by atoms with Gasteiger partial charge in [-0.1, -0.05) is 12.1 Å². The van der Waals surface area contributed by atoms with E-state index >= 15 is 0 Å². The summed E-state index contributed by atoms with van der Waals surface area (Å²) in [5, 5.41) is 23.0. The molecule has 2 rings (SSSR count). The van der Waals surface area contributed by atoms with Gasteiger partial charge in [0.05, 0.1) is 4.92 Å². The van der Waals surface area contributed by atoms with E-state index in [4.69, 9.17) is 0 Å². The van der Waals surface area contributed by atoms with Crippen LogP contribution in [0.1, 0.15) is 18.4 Å². The summed E-state index contributed by atoms with van der Waals surface area (Å²) in [5.41, 5.74) is -0.318. The van der Waals surface area contributed by atoms with Crippen LogP contribution >= 0.6 is 0 Å². The molecule has 0 aromatic heterocycles. The highest BCUT2D eigenvalue weighted by atomic mass is 16.6. The summed E-state index contributed by atoms with van der Waals surface area (Å²) in [7, 11) is 0. The Morgan fingerprint density at radius 1 is 1.56 bits per heavy atom. The predicted octanol–water partition coefficient (Wildman–Crippen LogP) is 1.34. The number of nitrogens with one attached hydrogen (secondary N) is 1. The highest BCUT2D eigenvalue weighted by Crippen LogP contribution is 2.26. The van der Waals surface area contributed by atoms with Crippen LogP contribution in [0, 0.1) is 10.1 Å². The second-order valence-corrected chi connectivity index (χ2v) is 4.52. The van der Waals surface area contributed by atoms with Gasteiger partial charge in [0.2, 0.25) is 0 Å². The van der Waals surface area contributed by atoms with Crippen LogP contribution in [0.15, 0.2) is 24.3 Å². The van der Waals surface area contributed by atoms with Crippen molar-refractivity contribution in [3.8, 4) is 0 Å². The molecule has 0 aliphatic carbocycles. The first-order valence-electron chi connectivity index (χ1n) is 5.75. The summed E-state index contributed by atoms with van der Waals surface area (Å²) in [5.74, 6) is -0.897. The summed E-state index contributed by atoms with van der Waals surface area (Å²) in [4.78, 5) is 21.6. The van der Waals surface area contributed by atoms with E-state index in [2.05, 4.69) is 5.32 Å². The molecule has 2 N–H and O–H groups in total. The van der Waals surface area contributed by atoms with Gasteiger partial charge in [-0.3, -0.25) is 14.9 Å². The monoisotopic (exact) mass is 250 g/mol. The molecule has 18 heavy (non-hydrogen) atoms. The number of non-ortho nitro benzene ring substituents is 1. The van der Waals surface area contributed by atoms with Crippen LogP contribution in [0.5, 0.6) is 0 Å². The van der Waals surface area contributed by atoms with Gasteiger partial charge in [-0.25, -0.2) is 0 Å². The SMILES string of the molecule is O=C(O)[C@]1(Cc2cccc([N+](=O)[O-])c2)CCCN1. The Bertz CT molecular complexity index is 481. The van der Waals surface area contributed by atoms with Crippen LogP contribution in [0.3, 0.4) is 0 Å². The minimum Gasteiger partial charge on any atom is -0.480 e. The Kier molecular flexibility index (Phi) is 3.29. The number of hydrogen-bond donors (Lipinski definition) is 2. The van der Waals surface area contributed by atoms with Gasteiger partial charge in [-0.15, -0.1) is 0 Å². The Morgan fingerprint density at radius 2 is 2.33 bits per heavy atom. The van der Waals surface area contributed by atoms with E-state index in [1.165, 1.54) is 12.1 Å². The van der Waals surface area contributed by atoms with Gasteiger partial charge in [0.25, 0.3) is 5.69 Å². The summed E-state index contributed by atoms with van der Waals surface area (Å²) < 4.78 is 0. The van der Waals surface area contributed by atoms with Crippen LogP contribution in [-0.2, 0) is 11.2 Å². The van der Waals surface area contributed by atoms with Crippen molar-refractivity contribution in [1.29, 1.82) is 0 Å². The van der Waals surface area contributed by atoms with Crippen molar-refractivity contribution in [2.24, 2.45) is 0 Å². The minimum atomic E-state index is -0.977. The molecular formula is C12H14N2O4. The molecule has 6 nitrogen and oxygen atoms in total. The van der Waals surface area contributed by atoms with Gasteiger partial charge < -0.3 is 10.4 Å². The molecule has 0 spiro atoms. The molecule has 1 aliphatic heterocycles. The molecule has 0 saturated carbocycles. The van der Waals surface area contributed by atoms with Gasteiger partial charge in [0.1, 0.15) is 5.54 Å². The highest BCUT2D eigenvalue weighted by molar-refractivity contribution is 5.79. The highest BCUT2D eigenvalue weighted by Gasteiger charge is 2.41. The second-order valence-electron chi connectivity index (χ2n) is 4.52. The summed E-state index contributed by atoms with van der Waals surface area (Å²) >= 11 is 0. The summed E-state index contributed by atoms with van der Waals surface area (Å²) in [6.45, 7) is 0.668. The number of carboxylic acids is 1. The molecule has 1 atom stereocenters. The third-order valence-electron chi connectivity index (χ3n) is 3.28. The molecule has 1 aliphatic rings. The molecule has 1 aromatic carbocycles. The molecule has 1 fully saturated rings. The number of aliphatic carboxylic acids is 1. The van der Waals surface area contributed by atoms with Crippen LogP contribution in [0.2, 0.25) is 0 Å². The zero-order valence-electron chi connectivity index (χ0n) is 9.76. The van der Waals surface area contributed by atoms with Crippen molar-refractivity contribution in [3.05, 3.63) is 39.9 Å². The average molecular weight is 250 g/mol. The van der Waals surface area contributed by atoms with Crippen molar-refractivity contribution in [2.45, 2.75) is 24.8 Å². The smallest absolute Gasteiger partial charge is 0.324 e. The Hall–Kier alpha value is -1.95. The van der Waals surface area contributed by atoms with E-state index in [-0.39, 0.29) is 12.1 Å². The van der Waals surface area contributed by atoms with E-state index in [9.17, 15) is 20.0 Å². The fraction of sp³-hybridized carbons (Fsp3) is 0.417. The lowest BCUT2D eigenvalue weighted by Gasteiger charge is -2.24. The third kappa shape index (κ3) is 2.33. The van der Waals surface area contributed by atoms with Crippen LogP contribution in [-0.4, -0.2) is 28.1 Å². The number of carboxylic acid groups (broad SMARTS) is 1. The standard InChI is InChI=1S/C12H14N2O4/c15-11(16)12(5-2-6-13-12)8-9-3-1-4-10(7-9)14(17)18/h1,3-4,7,13H,2,5-6,8H2,(H,15,16)/t12-/m1/s1. The molecule has 0 unspecified atom stereocenters. The van der Waals surface area contributed by atoms with Gasteiger partial charge in [0, 0.05) is 18.6 Å². The Balaban J connectivity index is 2.24. The van der Waals surface area contributed by atoms with Gasteiger partial charge in [0.15, 0.2) is 0 Å². The molecule has 96 valence electrons. The van der Waals surface area contributed by atoms with Crippen molar-refractivity contribution < 1.29 is 14.8 Å². The normalized spacial score (nSPS) is 22.9. The lowest BCUT2D eigenvalue weighted by atomic mass is 9.89. The van der Waals surface area contributed by atoms with Crippen LogP contribution < -0.4 is 5.32 Å². The maximum atomic E-state index is 11.4. The van der Waals surface area contributed by atoms with Crippen molar-refractivity contribution in [3.63, 3.8) is 0 Å².